The van der Waals surface area contributed by atoms with Crippen LogP contribution in [0, 0.1) is 5.82 Å². The van der Waals surface area contributed by atoms with Crippen LogP contribution in [0.4, 0.5) is 23.2 Å². The molecule has 0 spiro atoms. The van der Waals surface area contributed by atoms with Crippen molar-refractivity contribution in [2.24, 2.45) is 0 Å². The van der Waals surface area contributed by atoms with Crippen LogP contribution in [0.25, 0.3) is 0 Å². The molecule has 0 radical (unpaired) electrons. The Bertz CT molecular complexity index is 658. The Hall–Kier alpha value is -1.76. The number of para-hydroxylation sites is 1. The van der Waals surface area contributed by atoms with E-state index in [9.17, 15) is 22.7 Å². The molecule has 0 aliphatic heterocycles. The van der Waals surface area contributed by atoms with Crippen molar-refractivity contribution in [3.63, 3.8) is 0 Å². The van der Waals surface area contributed by atoms with Gasteiger partial charge >= 0.3 is 6.18 Å². The van der Waals surface area contributed by atoms with Gasteiger partial charge in [0.15, 0.2) is 11.6 Å². The lowest BCUT2D eigenvalue weighted by molar-refractivity contribution is -0.137. The number of anilines is 1. The number of rotatable bonds is 3. The summed E-state index contributed by atoms with van der Waals surface area (Å²) in [6.07, 6.45) is -4.46. The summed E-state index contributed by atoms with van der Waals surface area (Å²) in [5, 5.41) is 12.2. The number of alkyl halides is 3. The van der Waals surface area contributed by atoms with Gasteiger partial charge in [-0.15, -0.1) is 0 Å². The minimum absolute atomic E-state index is 0.00264. The van der Waals surface area contributed by atoms with Crippen molar-refractivity contribution < 1.29 is 22.7 Å². The van der Waals surface area contributed by atoms with Crippen LogP contribution in [0.3, 0.4) is 0 Å². The molecule has 2 aromatic rings. The fourth-order valence-electron chi connectivity index (χ4n) is 1.76. The Labute approximate surface area is 126 Å². The number of nitrogens with one attached hydrogen (secondary N) is 1. The molecule has 7 heteroatoms. The van der Waals surface area contributed by atoms with E-state index in [4.69, 9.17) is 0 Å². The van der Waals surface area contributed by atoms with Gasteiger partial charge in [-0.05, 0) is 24.3 Å². The lowest BCUT2D eigenvalue weighted by atomic mass is 10.1. The van der Waals surface area contributed by atoms with E-state index < -0.39 is 23.3 Å². The fourth-order valence-corrected chi connectivity index (χ4v) is 2.25. The van der Waals surface area contributed by atoms with Crippen LogP contribution in [-0.2, 0) is 12.7 Å². The number of aromatic hydroxyl groups is 1. The second-order valence-electron chi connectivity index (χ2n) is 4.33. The average molecular weight is 364 g/mol. The van der Waals surface area contributed by atoms with E-state index in [1.165, 1.54) is 18.2 Å². The minimum Gasteiger partial charge on any atom is -0.505 e. The molecule has 2 aromatic carbocycles. The molecular weight excluding hydrogens is 354 g/mol. The molecule has 0 aromatic heterocycles. The van der Waals surface area contributed by atoms with Crippen LogP contribution in [0.15, 0.2) is 40.9 Å². The first-order valence-electron chi connectivity index (χ1n) is 5.85. The van der Waals surface area contributed by atoms with Crippen molar-refractivity contribution >= 4 is 21.6 Å². The molecule has 0 atom stereocenters. The van der Waals surface area contributed by atoms with Gasteiger partial charge in [-0.25, -0.2) is 4.39 Å². The lowest BCUT2D eigenvalue weighted by Crippen LogP contribution is -2.07. The van der Waals surface area contributed by atoms with Gasteiger partial charge in [0, 0.05) is 22.3 Å². The first-order valence-corrected chi connectivity index (χ1v) is 6.64. The van der Waals surface area contributed by atoms with Gasteiger partial charge in [0.2, 0.25) is 0 Å². The molecule has 112 valence electrons. The Kier molecular flexibility index (Phi) is 4.41. The highest BCUT2D eigenvalue weighted by molar-refractivity contribution is 9.10. The minimum atomic E-state index is -4.46. The second-order valence-corrected chi connectivity index (χ2v) is 5.24. The highest BCUT2D eigenvalue weighted by atomic mass is 79.9. The number of halogens is 5. The van der Waals surface area contributed by atoms with Crippen molar-refractivity contribution in [1.82, 2.24) is 0 Å². The van der Waals surface area contributed by atoms with Gasteiger partial charge in [-0.1, -0.05) is 28.1 Å². The second kappa shape index (κ2) is 5.93. The summed E-state index contributed by atoms with van der Waals surface area (Å²) >= 11 is 3.01. The van der Waals surface area contributed by atoms with Crippen LogP contribution < -0.4 is 5.32 Å². The van der Waals surface area contributed by atoms with Crippen molar-refractivity contribution in [2.45, 2.75) is 12.7 Å². The molecular formula is C14H10BrF4NO. The Morgan fingerprint density at radius 2 is 1.86 bits per heavy atom. The van der Waals surface area contributed by atoms with E-state index in [1.807, 2.05) is 0 Å². The maximum atomic E-state index is 13.2. The van der Waals surface area contributed by atoms with Gasteiger partial charge in [0.25, 0.3) is 0 Å². The van der Waals surface area contributed by atoms with Crippen molar-refractivity contribution in [3.05, 3.63) is 57.8 Å². The number of phenols is 1. The Morgan fingerprint density at radius 1 is 1.14 bits per heavy atom. The van der Waals surface area contributed by atoms with Crippen LogP contribution in [-0.4, -0.2) is 5.11 Å². The van der Waals surface area contributed by atoms with Crippen molar-refractivity contribution in [2.75, 3.05) is 5.32 Å². The molecule has 2 nitrogen and oxygen atoms in total. The van der Waals surface area contributed by atoms with Crippen LogP contribution in [0.1, 0.15) is 11.1 Å². The fraction of sp³-hybridized carbons (Fsp3) is 0.143. The molecule has 0 saturated carbocycles. The van der Waals surface area contributed by atoms with Crippen molar-refractivity contribution in [1.29, 1.82) is 0 Å². The molecule has 0 aliphatic carbocycles. The summed E-state index contributed by atoms with van der Waals surface area (Å²) in [5.41, 5.74) is -0.341. The standard InChI is InChI=1S/C14H10BrF4NO/c15-10-4-9(14(17,18)19)5-11(6-10)20-7-8-2-1-3-12(16)13(8)21/h1-6,20-21H,7H2. The van der Waals surface area contributed by atoms with Gasteiger partial charge in [0.05, 0.1) is 5.56 Å². The highest BCUT2D eigenvalue weighted by Gasteiger charge is 2.31. The third kappa shape index (κ3) is 3.87. The van der Waals surface area contributed by atoms with Crippen LogP contribution in [0.2, 0.25) is 0 Å². The van der Waals surface area contributed by atoms with Crippen molar-refractivity contribution in [3.8, 4) is 5.75 Å². The maximum Gasteiger partial charge on any atom is 0.416 e. The molecule has 2 rings (SSSR count). The Morgan fingerprint density at radius 3 is 2.52 bits per heavy atom. The number of phenolic OH excluding ortho intramolecular Hbond substituents is 1. The largest absolute Gasteiger partial charge is 0.505 e. The lowest BCUT2D eigenvalue weighted by Gasteiger charge is -2.12. The summed E-state index contributed by atoms with van der Waals surface area (Å²) in [5.74, 6) is -1.30. The summed E-state index contributed by atoms with van der Waals surface area (Å²) in [7, 11) is 0. The molecule has 0 aliphatic rings. The van der Waals surface area contributed by atoms with E-state index >= 15 is 0 Å². The van der Waals surface area contributed by atoms with E-state index in [2.05, 4.69) is 21.2 Å². The predicted octanol–water partition coefficient (Wildman–Crippen LogP) is 4.92. The summed E-state index contributed by atoms with van der Waals surface area (Å²) in [4.78, 5) is 0. The quantitative estimate of drug-likeness (QED) is 0.758. The SMILES string of the molecule is Oc1c(F)cccc1CNc1cc(Br)cc(C(F)(F)F)c1. The van der Waals surface area contributed by atoms with Gasteiger partial charge in [-0.2, -0.15) is 13.2 Å². The molecule has 0 unspecified atom stereocenters. The van der Waals surface area contributed by atoms with Gasteiger partial charge < -0.3 is 10.4 Å². The van der Waals surface area contributed by atoms with E-state index in [1.54, 1.807) is 0 Å². The van der Waals surface area contributed by atoms with Gasteiger partial charge in [0.1, 0.15) is 0 Å². The third-order valence-electron chi connectivity index (χ3n) is 2.78. The zero-order valence-electron chi connectivity index (χ0n) is 10.5. The summed E-state index contributed by atoms with van der Waals surface area (Å²) in [6, 6.07) is 7.36. The average Bonchev–Trinajstić information content (AvgIpc) is 2.39. The summed E-state index contributed by atoms with van der Waals surface area (Å²) < 4.78 is 51.5. The molecule has 2 N–H and O–H groups in total. The van der Waals surface area contributed by atoms with Crippen LogP contribution >= 0.6 is 15.9 Å². The first kappa shape index (κ1) is 15.6. The number of hydrogen-bond donors (Lipinski definition) is 2. The first-order chi connectivity index (χ1) is 9.77. The topological polar surface area (TPSA) is 32.3 Å². The zero-order valence-corrected chi connectivity index (χ0v) is 12.1. The zero-order chi connectivity index (χ0) is 15.6. The summed E-state index contributed by atoms with van der Waals surface area (Å²) in [6.45, 7) is -0.00264. The molecule has 0 heterocycles. The van der Waals surface area contributed by atoms with E-state index in [0.717, 1.165) is 18.2 Å². The molecule has 0 saturated heterocycles. The highest BCUT2D eigenvalue weighted by Crippen LogP contribution is 2.33. The number of benzene rings is 2. The monoisotopic (exact) mass is 363 g/mol. The molecule has 0 amide bonds. The van der Waals surface area contributed by atoms with Gasteiger partial charge in [-0.3, -0.25) is 0 Å². The molecule has 0 bridgehead atoms. The Balaban J connectivity index is 2.21. The molecule has 21 heavy (non-hydrogen) atoms. The molecule has 0 fully saturated rings. The smallest absolute Gasteiger partial charge is 0.416 e. The van der Waals surface area contributed by atoms with E-state index in [0.29, 0.717) is 0 Å². The maximum absolute atomic E-state index is 13.2. The van der Waals surface area contributed by atoms with Crippen LogP contribution in [0.5, 0.6) is 5.75 Å². The third-order valence-corrected chi connectivity index (χ3v) is 3.24. The number of hydrogen-bond acceptors (Lipinski definition) is 2. The normalized spacial score (nSPS) is 11.5. The van der Waals surface area contributed by atoms with E-state index in [-0.39, 0.29) is 22.3 Å². The predicted molar refractivity (Wildman–Crippen MR) is 74.5 cm³/mol.